The van der Waals surface area contributed by atoms with E-state index in [9.17, 15) is 5.11 Å². The molecule has 1 atom stereocenters. The molecular formula is C9H9Br2Cl2NO. The Morgan fingerprint density at radius 1 is 1.33 bits per heavy atom. The van der Waals surface area contributed by atoms with E-state index in [1.54, 1.807) is 12.1 Å². The molecule has 0 aliphatic heterocycles. The molecule has 0 aliphatic carbocycles. The molecule has 84 valence electrons. The smallest absolute Gasteiger partial charge is 0.0847 e. The Morgan fingerprint density at radius 3 is 2.33 bits per heavy atom. The van der Waals surface area contributed by atoms with Crippen molar-refractivity contribution < 1.29 is 5.11 Å². The second-order valence-electron chi connectivity index (χ2n) is 2.93. The van der Waals surface area contributed by atoms with Crippen molar-refractivity contribution in [2.45, 2.75) is 6.10 Å². The topological polar surface area (TPSA) is 32.3 Å². The van der Waals surface area contributed by atoms with Gasteiger partial charge < -0.3 is 10.4 Å². The summed E-state index contributed by atoms with van der Waals surface area (Å²) in [5, 5.41) is 13.0. The fraction of sp³-hybridized carbons (Fsp3) is 0.333. The van der Waals surface area contributed by atoms with Crippen LogP contribution in [0.25, 0.3) is 0 Å². The molecule has 0 aromatic heterocycles. The van der Waals surface area contributed by atoms with Gasteiger partial charge in [0.25, 0.3) is 0 Å². The highest BCUT2D eigenvalue weighted by atomic mass is 79.9. The number of hydrogen-bond acceptors (Lipinski definition) is 2. The van der Waals surface area contributed by atoms with Crippen LogP contribution >= 0.6 is 55.1 Å². The van der Waals surface area contributed by atoms with E-state index in [-0.39, 0.29) is 5.88 Å². The van der Waals surface area contributed by atoms with Crippen LogP contribution in [0.1, 0.15) is 0 Å². The summed E-state index contributed by atoms with van der Waals surface area (Å²) in [6.45, 7) is 0.391. The predicted molar refractivity (Wildman–Crippen MR) is 72.1 cm³/mol. The Labute approximate surface area is 115 Å². The van der Waals surface area contributed by atoms with E-state index in [4.69, 9.17) is 23.2 Å². The summed E-state index contributed by atoms with van der Waals surface area (Å²) in [6, 6.07) is 3.56. The van der Waals surface area contributed by atoms with Gasteiger partial charge in [-0.15, -0.1) is 11.6 Å². The van der Waals surface area contributed by atoms with Gasteiger partial charge in [-0.25, -0.2) is 0 Å². The fourth-order valence-corrected chi connectivity index (χ4v) is 3.04. The molecule has 0 saturated carbocycles. The quantitative estimate of drug-likeness (QED) is 0.780. The average molecular weight is 378 g/mol. The van der Waals surface area contributed by atoms with Crippen LogP contribution < -0.4 is 5.32 Å². The highest BCUT2D eigenvalue weighted by Crippen LogP contribution is 2.34. The van der Waals surface area contributed by atoms with Gasteiger partial charge in [0, 0.05) is 20.5 Å². The van der Waals surface area contributed by atoms with Crippen LogP contribution in [0.3, 0.4) is 0 Å². The first-order valence-corrected chi connectivity index (χ1v) is 6.67. The second kappa shape index (κ2) is 6.30. The first-order chi connectivity index (χ1) is 7.04. The van der Waals surface area contributed by atoms with Crippen molar-refractivity contribution in [2.24, 2.45) is 0 Å². The molecule has 6 heteroatoms. The number of halogens is 4. The van der Waals surface area contributed by atoms with Crippen LogP contribution in [-0.4, -0.2) is 23.6 Å². The van der Waals surface area contributed by atoms with Crippen molar-refractivity contribution in [3.8, 4) is 0 Å². The van der Waals surface area contributed by atoms with Gasteiger partial charge in [0.1, 0.15) is 0 Å². The van der Waals surface area contributed by atoms with Gasteiger partial charge in [0.05, 0.1) is 17.7 Å². The summed E-state index contributed by atoms with van der Waals surface area (Å²) >= 11 is 18.1. The Balaban J connectivity index is 2.77. The number of aliphatic hydroxyl groups excluding tert-OH is 1. The van der Waals surface area contributed by atoms with E-state index in [0.29, 0.717) is 11.6 Å². The van der Waals surface area contributed by atoms with Crippen molar-refractivity contribution in [3.63, 3.8) is 0 Å². The molecule has 0 bridgehead atoms. The monoisotopic (exact) mass is 375 g/mol. The lowest BCUT2D eigenvalue weighted by Crippen LogP contribution is -2.21. The first-order valence-electron chi connectivity index (χ1n) is 4.17. The Bertz CT molecular complexity index is 326. The van der Waals surface area contributed by atoms with Gasteiger partial charge in [-0.1, -0.05) is 11.6 Å². The maximum atomic E-state index is 9.30. The third-order valence-corrected chi connectivity index (χ3v) is 3.52. The number of benzene rings is 1. The van der Waals surface area contributed by atoms with E-state index in [0.717, 1.165) is 14.6 Å². The van der Waals surface area contributed by atoms with Gasteiger partial charge in [0.15, 0.2) is 0 Å². The van der Waals surface area contributed by atoms with Crippen molar-refractivity contribution >= 4 is 60.7 Å². The minimum absolute atomic E-state index is 0.204. The van der Waals surface area contributed by atoms with E-state index in [2.05, 4.69) is 37.2 Å². The molecule has 0 amide bonds. The summed E-state index contributed by atoms with van der Waals surface area (Å²) < 4.78 is 1.67. The zero-order valence-corrected chi connectivity index (χ0v) is 12.3. The Kier molecular flexibility index (Phi) is 5.71. The number of anilines is 1. The second-order valence-corrected chi connectivity index (χ2v) is 5.39. The summed E-state index contributed by atoms with van der Waals surface area (Å²) in [6.07, 6.45) is -0.568. The summed E-state index contributed by atoms with van der Waals surface area (Å²) in [4.78, 5) is 0. The SMILES string of the molecule is OC(CCl)CNc1c(Br)cc(Cl)cc1Br. The van der Waals surface area contributed by atoms with Crippen molar-refractivity contribution in [1.82, 2.24) is 0 Å². The largest absolute Gasteiger partial charge is 0.390 e. The fourth-order valence-electron chi connectivity index (χ4n) is 0.986. The minimum Gasteiger partial charge on any atom is -0.390 e. The van der Waals surface area contributed by atoms with E-state index in [1.165, 1.54) is 0 Å². The van der Waals surface area contributed by atoms with Gasteiger partial charge in [-0.2, -0.15) is 0 Å². The number of rotatable bonds is 4. The zero-order valence-electron chi connectivity index (χ0n) is 7.61. The summed E-state index contributed by atoms with van der Waals surface area (Å²) in [5.74, 6) is 0.204. The zero-order chi connectivity index (χ0) is 11.4. The molecule has 0 heterocycles. The lowest BCUT2D eigenvalue weighted by atomic mass is 10.3. The maximum Gasteiger partial charge on any atom is 0.0847 e. The molecule has 15 heavy (non-hydrogen) atoms. The molecular weight excluding hydrogens is 369 g/mol. The standard InChI is InChI=1S/C9H9Br2Cl2NO/c10-7-1-5(13)2-8(11)9(7)14-4-6(15)3-12/h1-2,6,14-15H,3-4H2. The molecule has 0 spiro atoms. The lowest BCUT2D eigenvalue weighted by molar-refractivity contribution is 0.211. The highest BCUT2D eigenvalue weighted by Gasteiger charge is 2.08. The number of alkyl halides is 1. The van der Waals surface area contributed by atoms with Crippen LogP contribution in [0.2, 0.25) is 5.02 Å². The predicted octanol–water partition coefficient (Wildman–Crippen LogP) is 3.88. The Hall–Kier alpha value is 0.520. The molecule has 0 radical (unpaired) electrons. The highest BCUT2D eigenvalue weighted by molar-refractivity contribution is 9.11. The number of aliphatic hydroxyl groups is 1. The molecule has 2 N–H and O–H groups in total. The van der Waals surface area contributed by atoms with Gasteiger partial charge >= 0.3 is 0 Å². The van der Waals surface area contributed by atoms with Gasteiger partial charge in [0.2, 0.25) is 0 Å². The van der Waals surface area contributed by atoms with E-state index in [1.807, 2.05) is 0 Å². The van der Waals surface area contributed by atoms with Crippen LogP contribution in [0.15, 0.2) is 21.1 Å². The molecule has 0 aliphatic rings. The summed E-state index contributed by atoms with van der Waals surface area (Å²) in [7, 11) is 0. The van der Waals surface area contributed by atoms with Gasteiger partial charge in [-0.05, 0) is 44.0 Å². The Morgan fingerprint density at radius 2 is 1.87 bits per heavy atom. The third-order valence-electron chi connectivity index (χ3n) is 1.70. The molecule has 1 rings (SSSR count). The number of nitrogens with one attached hydrogen (secondary N) is 1. The molecule has 0 saturated heterocycles. The van der Waals surface area contributed by atoms with Crippen LogP contribution in [-0.2, 0) is 0 Å². The van der Waals surface area contributed by atoms with Crippen molar-refractivity contribution in [1.29, 1.82) is 0 Å². The number of hydrogen-bond donors (Lipinski definition) is 2. The normalized spacial score (nSPS) is 12.6. The minimum atomic E-state index is -0.568. The van der Waals surface area contributed by atoms with Gasteiger partial charge in [-0.3, -0.25) is 0 Å². The van der Waals surface area contributed by atoms with Crippen LogP contribution in [0.5, 0.6) is 0 Å². The third kappa shape index (κ3) is 4.11. The van der Waals surface area contributed by atoms with E-state index >= 15 is 0 Å². The average Bonchev–Trinajstić information content (AvgIpc) is 2.15. The molecule has 1 aromatic carbocycles. The van der Waals surface area contributed by atoms with Crippen molar-refractivity contribution in [3.05, 3.63) is 26.1 Å². The van der Waals surface area contributed by atoms with Crippen LogP contribution in [0, 0.1) is 0 Å². The van der Waals surface area contributed by atoms with Crippen molar-refractivity contribution in [2.75, 3.05) is 17.7 Å². The molecule has 1 unspecified atom stereocenters. The van der Waals surface area contributed by atoms with Crippen LogP contribution in [0.4, 0.5) is 5.69 Å². The van der Waals surface area contributed by atoms with E-state index < -0.39 is 6.10 Å². The first kappa shape index (κ1) is 13.6. The lowest BCUT2D eigenvalue weighted by Gasteiger charge is -2.13. The molecule has 1 aromatic rings. The molecule has 0 fully saturated rings. The molecule has 2 nitrogen and oxygen atoms in total. The summed E-state index contributed by atoms with van der Waals surface area (Å²) in [5.41, 5.74) is 0.851. The maximum absolute atomic E-state index is 9.30.